The number of aryl methyl sites for hydroxylation is 2. The van der Waals surface area contributed by atoms with Crippen LogP contribution in [0.2, 0.25) is 5.02 Å². The molecule has 0 fully saturated rings. The molecule has 0 aliphatic heterocycles. The molecule has 0 unspecified atom stereocenters. The smallest absolute Gasteiger partial charge is 0.244 e. The Morgan fingerprint density at radius 3 is 2.15 bits per heavy atom. The molecule has 2 amide bonds. The molecule has 3 aromatic carbocycles. The topological polar surface area (TPSA) is 86.8 Å². The summed E-state index contributed by atoms with van der Waals surface area (Å²) in [5.41, 5.74) is 3.80. The Balaban J connectivity index is 2.06. The van der Waals surface area contributed by atoms with Gasteiger partial charge in [0, 0.05) is 24.5 Å². The SMILES string of the molecule is Cc1ccc(N(CC(=O)N(Cc2ccc(Cl)cc2)[C@H](Cc2ccccc2)C(=O)NCC(C)C)S(C)(=O)=O)c(C)c1. The number of halogens is 1. The molecule has 7 nitrogen and oxygen atoms in total. The van der Waals surface area contributed by atoms with Crippen LogP contribution in [0.4, 0.5) is 5.69 Å². The number of rotatable bonds is 12. The van der Waals surface area contributed by atoms with Gasteiger partial charge in [-0.2, -0.15) is 0 Å². The first-order valence-electron chi connectivity index (χ1n) is 13.3. The fourth-order valence-corrected chi connectivity index (χ4v) is 5.48. The summed E-state index contributed by atoms with van der Waals surface area (Å²) in [4.78, 5) is 29.2. The Morgan fingerprint density at radius 1 is 0.925 bits per heavy atom. The van der Waals surface area contributed by atoms with Crippen LogP contribution in [0.3, 0.4) is 0 Å². The zero-order valence-corrected chi connectivity index (χ0v) is 25.3. The van der Waals surface area contributed by atoms with Gasteiger partial charge >= 0.3 is 0 Å². The number of carbonyl (C=O) groups excluding carboxylic acids is 2. The van der Waals surface area contributed by atoms with Gasteiger partial charge in [-0.1, -0.05) is 85.6 Å². The minimum atomic E-state index is -3.82. The number of nitrogens with zero attached hydrogens (tertiary/aromatic N) is 2. The predicted octanol–water partition coefficient (Wildman–Crippen LogP) is 5.14. The van der Waals surface area contributed by atoms with E-state index in [9.17, 15) is 18.0 Å². The van der Waals surface area contributed by atoms with Crippen molar-refractivity contribution in [2.45, 2.75) is 46.7 Å². The van der Waals surface area contributed by atoms with Crippen molar-refractivity contribution in [3.63, 3.8) is 0 Å². The van der Waals surface area contributed by atoms with Crippen molar-refractivity contribution in [3.8, 4) is 0 Å². The number of anilines is 1. The summed E-state index contributed by atoms with van der Waals surface area (Å²) in [7, 11) is -3.82. The molecule has 40 heavy (non-hydrogen) atoms. The van der Waals surface area contributed by atoms with Gasteiger partial charge in [0.2, 0.25) is 21.8 Å². The van der Waals surface area contributed by atoms with Crippen LogP contribution in [0.5, 0.6) is 0 Å². The number of carbonyl (C=O) groups is 2. The van der Waals surface area contributed by atoms with Gasteiger partial charge in [-0.25, -0.2) is 8.42 Å². The minimum absolute atomic E-state index is 0.104. The lowest BCUT2D eigenvalue weighted by Crippen LogP contribution is -2.53. The van der Waals surface area contributed by atoms with E-state index in [1.807, 2.05) is 70.2 Å². The summed E-state index contributed by atoms with van der Waals surface area (Å²) in [6.45, 7) is 7.84. The fourth-order valence-electron chi connectivity index (χ4n) is 4.44. The van der Waals surface area contributed by atoms with E-state index in [1.165, 1.54) is 4.90 Å². The second kappa shape index (κ2) is 13.8. The van der Waals surface area contributed by atoms with Crippen LogP contribution in [0.15, 0.2) is 72.8 Å². The summed E-state index contributed by atoms with van der Waals surface area (Å²) in [6.07, 6.45) is 1.35. The lowest BCUT2D eigenvalue weighted by atomic mass is 10.0. The highest BCUT2D eigenvalue weighted by Gasteiger charge is 2.33. The van der Waals surface area contributed by atoms with Crippen LogP contribution in [0.25, 0.3) is 0 Å². The first-order valence-corrected chi connectivity index (χ1v) is 15.5. The van der Waals surface area contributed by atoms with Gasteiger partial charge in [0.15, 0.2) is 0 Å². The maximum absolute atomic E-state index is 14.1. The third-order valence-electron chi connectivity index (χ3n) is 6.52. The molecule has 0 aliphatic rings. The summed E-state index contributed by atoms with van der Waals surface area (Å²) in [5.74, 6) is -0.565. The molecular formula is C31H38ClN3O4S. The Hall–Kier alpha value is -3.36. The zero-order valence-electron chi connectivity index (χ0n) is 23.7. The van der Waals surface area contributed by atoms with Crippen LogP contribution in [0.1, 0.15) is 36.1 Å². The second-order valence-electron chi connectivity index (χ2n) is 10.6. The van der Waals surface area contributed by atoms with Crippen LogP contribution < -0.4 is 9.62 Å². The summed E-state index contributed by atoms with van der Waals surface area (Å²) >= 11 is 6.10. The van der Waals surface area contributed by atoms with Crippen LogP contribution >= 0.6 is 11.6 Å². The summed E-state index contributed by atoms with van der Waals surface area (Å²) in [6, 6.07) is 21.1. The van der Waals surface area contributed by atoms with Gasteiger partial charge in [-0.15, -0.1) is 0 Å². The Bertz CT molecular complexity index is 1410. The number of benzene rings is 3. The molecule has 0 radical (unpaired) electrons. The highest BCUT2D eigenvalue weighted by atomic mass is 35.5. The van der Waals surface area contributed by atoms with Crippen molar-refractivity contribution in [2.24, 2.45) is 5.92 Å². The molecule has 0 aliphatic carbocycles. The number of nitrogens with one attached hydrogen (secondary N) is 1. The van der Waals surface area contributed by atoms with Crippen molar-refractivity contribution in [1.29, 1.82) is 0 Å². The molecule has 214 valence electrons. The molecule has 0 heterocycles. The first kappa shape index (κ1) is 31.2. The third kappa shape index (κ3) is 8.83. The van der Waals surface area contributed by atoms with Crippen LogP contribution in [0, 0.1) is 19.8 Å². The lowest BCUT2D eigenvalue weighted by Gasteiger charge is -2.34. The van der Waals surface area contributed by atoms with Gasteiger partial charge < -0.3 is 10.2 Å². The number of hydrogen-bond acceptors (Lipinski definition) is 4. The van der Waals surface area contributed by atoms with E-state index in [0.29, 0.717) is 17.3 Å². The van der Waals surface area contributed by atoms with Crippen molar-refractivity contribution < 1.29 is 18.0 Å². The van der Waals surface area contributed by atoms with E-state index in [4.69, 9.17) is 11.6 Å². The van der Waals surface area contributed by atoms with Crippen molar-refractivity contribution in [2.75, 3.05) is 23.7 Å². The first-order chi connectivity index (χ1) is 18.8. The average Bonchev–Trinajstić information content (AvgIpc) is 2.89. The Labute approximate surface area is 243 Å². The normalized spacial score (nSPS) is 12.2. The summed E-state index contributed by atoms with van der Waals surface area (Å²) < 4.78 is 27.0. The predicted molar refractivity (Wildman–Crippen MR) is 162 cm³/mol. The lowest BCUT2D eigenvalue weighted by molar-refractivity contribution is -0.140. The van der Waals surface area contributed by atoms with E-state index < -0.39 is 28.5 Å². The highest BCUT2D eigenvalue weighted by Crippen LogP contribution is 2.25. The Kier molecular flexibility index (Phi) is 10.8. The molecule has 3 aromatic rings. The van der Waals surface area contributed by atoms with E-state index in [2.05, 4.69) is 5.32 Å². The Morgan fingerprint density at radius 2 is 1.57 bits per heavy atom. The monoisotopic (exact) mass is 583 g/mol. The average molecular weight is 584 g/mol. The zero-order chi connectivity index (χ0) is 29.4. The van der Waals surface area contributed by atoms with Gasteiger partial charge in [0.05, 0.1) is 11.9 Å². The maximum atomic E-state index is 14.1. The van der Waals surface area contributed by atoms with Gasteiger partial charge in [0.1, 0.15) is 12.6 Å². The van der Waals surface area contributed by atoms with E-state index in [-0.39, 0.29) is 24.8 Å². The van der Waals surface area contributed by atoms with Crippen molar-refractivity contribution >= 4 is 39.1 Å². The molecule has 0 spiro atoms. The van der Waals surface area contributed by atoms with Gasteiger partial charge in [-0.3, -0.25) is 13.9 Å². The van der Waals surface area contributed by atoms with E-state index >= 15 is 0 Å². The highest BCUT2D eigenvalue weighted by molar-refractivity contribution is 7.92. The van der Waals surface area contributed by atoms with Crippen LogP contribution in [-0.2, 0) is 32.6 Å². The molecule has 9 heteroatoms. The maximum Gasteiger partial charge on any atom is 0.244 e. The summed E-state index contributed by atoms with van der Waals surface area (Å²) in [5, 5.41) is 3.53. The molecule has 0 saturated heterocycles. The quantitative estimate of drug-likeness (QED) is 0.320. The molecule has 0 bridgehead atoms. The van der Waals surface area contributed by atoms with Gasteiger partial charge in [-0.05, 0) is 54.7 Å². The molecule has 3 rings (SSSR count). The molecular weight excluding hydrogens is 546 g/mol. The largest absolute Gasteiger partial charge is 0.354 e. The number of sulfonamides is 1. The minimum Gasteiger partial charge on any atom is -0.354 e. The van der Waals surface area contributed by atoms with Crippen LogP contribution in [-0.4, -0.2) is 50.5 Å². The third-order valence-corrected chi connectivity index (χ3v) is 7.90. The van der Waals surface area contributed by atoms with Crippen molar-refractivity contribution in [1.82, 2.24) is 10.2 Å². The second-order valence-corrected chi connectivity index (χ2v) is 12.9. The molecule has 1 N–H and O–H groups in total. The van der Waals surface area contributed by atoms with Gasteiger partial charge in [0.25, 0.3) is 0 Å². The number of hydrogen-bond donors (Lipinski definition) is 1. The fraction of sp³-hybridized carbons (Fsp3) is 0.355. The molecule has 0 aromatic heterocycles. The molecule has 1 atom stereocenters. The van der Waals surface area contributed by atoms with Crippen molar-refractivity contribution in [3.05, 3.63) is 100 Å². The van der Waals surface area contributed by atoms with E-state index in [0.717, 1.165) is 32.8 Å². The number of amides is 2. The standard InChI is InChI=1S/C31H38ClN3O4S/c1-22(2)19-33-31(37)29(18-25-9-7-6-8-10-25)34(20-26-12-14-27(32)15-13-26)30(36)21-35(40(5,38)39)28-16-11-23(3)17-24(28)4/h6-17,22,29H,18-21H2,1-5H3,(H,33,37)/t29-/m1/s1. The molecule has 0 saturated carbocycles. The van der Waals surface area contributed by atoms with E-state index in [1.54, 1.807) is 30.3 Å².